The molecule has 110 valence electrons. The zero-order chi connectivity index (χ0) is 15.4. The van der Waals surface area contributed by atoms with Crippen LogP contribution in [0.15, 0.2) is 36.4 Å². The quantitative estimate of drug-likeness (QED) is 0.931. The van der Waals surface area contributed by atoms with Crippen LogP contribution >= 0.6 is 11.6 Å². The van der Waals surface area contributed by atoms with E-state index in [9.17, 15) is 4.79 Å². The standard InChI is InChI=1S/C16H16ClNO3/c1-10-7-8-11(17)9-12(10)18-16(19)15-13(20-2)5-4-6-14(15)21-3/h4-9H,1-3H3,(H,18,19). The Labute approximate surface area is 128 Å². The number of carbonyl (C=O) groups is 1. The molecule has 0 spiro atoms. The smallest absolute Gasteiger partial charge is 0.263 e. The molecule has 2 aromatic rings. The summed E-state index contributed by atoms with van der Waals surface area (Å²) in [5.41, 5.74) is 1.92. The summed E-state index contributed by atoms with van der Waals surface area (Å²) in [5, 5.41) is 3.39. The molecule has 0 atom stereocenters. The van der Waals surface area contributed by atoms with Crippen LogP contribution in [-0.4, -0.2) is 20.1 Å². The number of rotatable bonds is 4. The predicted octanol–water partition coefficient (Wildman–Crippen LogP) is 3.92. The van der Waals surface area contributed by atoms with Gasteiger partial charge in [-0.05, 0) is 36.8 Å². The molecule has 0 heterocycles. The van der Waals surface area contributed by atoms with E-state index >= 15 is 0 Å². The van der Waals surface area contributed by atoms with E-state index in [1.54, 1.807) is 30.3 Å². The molecule has 0 aliphatic heterocycles. The maximum absolute atomic E-state index is 12.5. The van der Waals surface area contributed by atoms with E-state index in [0.29, 0.717) is 27.8 Å². The van der Waals surface area contributed by atoms with Crippen LogP contribution in [0.5, 0.6) is 11.5 Å². The lowest BCUT2D eigenvalue weighted by Gasteiger charge is -2.14. The number of carbonyl (C=O) groups excluding carboxylic acids is 1. The zero-order valence-electron chi connectivity index (χ0n) is 12.1. The van der Waals surface area contributed by atoms with E-state index in [4.69, 9.17) is 21.1 Å². The predicted molar refractivity (Wildman–Crippen MR) is 83.7 cm³/mol. The maximum Gasteiger partial charge on any atom is 0.263 e. The summed E-state index contributed by atoms with van der Waals surface area (Å²) >= 11 is 5.96. The van der Waals surface area contributed by atoms with E-state index in [1.165, 1.54) is 14.2 Å². The van der Waals surface area contributed by atoms with Crippen LogP contribution in [0.4, 0.5) is 5.69 Å². The van der Waals surface area contributed by atoms with Crippen molar-refractivity contribution in [2.45, 2.75) is 6.92 Å². The first kappa shape index (κ1) is 15.2. The molecule has 0 bridgehead atoms. The molecule has 1 N–H and O–H groups in total. The number of halogens is 1. The van der Waals surface area contributed by atoms with Crippen molar-refractivity contribution in [2.24, 2.45) is 0 Å². The Morgan fingerprint density at radius 3 is 2.29 bits per heavy atom. The molecular weight excluding hydrogens is 290 g/mol. The Morgan fingerprint density at radius 1 is 1.10 bits per heavy atom. The average Bonchev–Trinajstić information content (AvgIpc) is 2.49. The number of nitrogens with one attached hydrogen (secondary N) is 1. The summed E-state index contributed by atoms with van der Waals surface area (Å²) < 4.78 is 10.5. The minimum atomic E-state index is -0.310. The van der Waals surface area contributed by atoms with Gasteiger partial charge in [0, 0.05) is 10.7 Å². The van der Waals surface area contributed by atoms with Crippen molar-refractivity contribution in [3.05, 3.63) is 52.5 Å². The van der Waals surface area contributed by atoms with Gasteiger partial charge in [0.1, 0.15) is 17.1 Å². The fourth-order valence-corrected chi connectivity index (χ4v) is 2.16. The van der Waals surface area contributed by atoms with Gasteiger partial charge in [-0.3, -0.25) is 4.79 Å². The molecular formula is C16H16ClNO3. The van der Waals surface area contributed by atoms with Crippen LogP contribution in [0, 0.1) is 6.92 Å². The zero-order valence-corrected chi connectivity index (χ0v) is 12.8. The van der Waals surface area contributed by atoms with Crippen molar-refractivity contribution in [3.8, 4) is 11.5 Å². The summed E-state index contributed by atoms with van der Waals surface area (Å²) in [4.78, 5) is 12.5. The van der Waals surface area contributed by atoms with E-state index in [-0.39, 0.29) is 5.91 Å². The third-order valence-electron chi connectivity index (χ3n) is 3.10. The highest BCUT2D eigenvalue weighted by Gasteiger charge is 2.18. The second-order valence-electron chi connectivity index (χ2n) is 4.45. The number of hydrogen-bond acceptors (Lipinski definition) is 3. The minimum absolute atomic E-state index is 0.310. The van der Waals surface area contributed by atoms with Crippen LogP contribution in [-0.2, 0) is 0 Å². The number of benzene rings is 2. The number of amides is 1. The second kappa shape index (κ2) is 6.50. The molecule has 0 unspecified atom stereocenters. The summed E-state index contributed by atoms with van der Waals surface area (Å²) in [7, 11) is 3.02. The highest BCUT2D eigenvalue weighted by atomic mass is 35.5. The van der Waals surface area contributed by atoms with Crippen molar-refractivity contribution < 1.29 is 14.3 Å². The summed E-state index contributed by atoms with van der Waals surface area (Å²) in [6.07, 6.45) is 0. The normalized spacial score (nSPS) is 10.1. The lowest BCUT2D eigenvalue weighted by molar-refractivity contribution is 0.102. The molecule has 0 aliphatic carbocycles. The second-order valence-corrected chi connectivity index (χ2v) is 4.89. The van der Waals surface area contributed by atoms with Gasteiger partial charge in [0.05, 0.1) is 14.2 Å². The van der Waals surface area contributed by atoms with Gasteiger partial charge < -0.3 is 14.8 Å². The molecule has 4 nitrogen and oxygen atoms in total. The van der Waals surface area contributed by atoms with Crippen molar-refractivity contribution in [2.75, 3.05) is 19.5 Å². The third-order valence-corrected chi connectivity index (χ3v) is 3.34. The SMILES string of the molecule is COc1cccc(OC)c1C(=O)Nc1cc(Cl)ccc1C. The Morgan fingerprint density at radius 2 is 1.71 bits per heavy atom. The average molecular weight is 306 g/mol. The third kappa shape index (κ3) is 3.28. The number of aryl methyl sites for hydroxylation is 1. The molecule has 2 rings (SSSR count). The van der Waals surface area contributed by atoms with Crippen LogP contribution in [0.1, 0.15) is 15.9 Å². The fraction of sp³-hybridized carbons (Fsp3) is 0.188. The molecule has 2 aromatic carbocycles. The maximum atomic E-state index is 12.5. The lowest BCUT2D eigenvalue weighted by atomic mass is 10.1. The first-order valence-electron chi connectivity index (χ1n) is 6.35. The van der Waals surface area contributed by atoms with Gasteiger partial charge in [0.15, 0.2) is 0 Å². The van der Waals surface area contributed by atoms with Gasteiger partial charge in [-0.1, -0.05) is 23.7 Å². The first-order chi connectivity index (χ1) is 10.1. The lowest BCUT2D eigenvalue weighted by Crippen LogP contribution is -2.15. The molecule has 1 amide bonds. The molecule has 5 heteroatoms. The Bertz CT molecular complexity index is 648. The van der Waals surface area contributed by atoms with E-state index < -0.39 is 0 Å². The molecule has 0 aliphatic rings. The van der Waals surface area contributed by atoms with Gasteiger partial charge >= 0.3 is 0 Å². The van der Waals surface area contributed by atoms with Crippen molar-refractivity contribution >= 4 is 23.2 Å². The Hall–Kier alpha value is -2.20. The van der Waals surface area contributed by atoms with Crippen LogP contribution in [0.3, 0.4) is 0 Å². The van der Waals surface area contributed by atoms with E-state index in [2.05, 4.69) is 5.32 Å². The Balaban J connectivity index is 2.38. The number of methoxy groups -OCH3 is 2. The molecule has 0 radical (unpaired) electrons. The van der Waals surface area contributed by atoms with Gasteiger partial charge in [0.25, 0.3) is 5.91 Å². The largest absolute Gasteiger partial charge is 0.496 e. The van der Waals surface area contributed by atoms with Crippen molar-refractivity contribution in [1.29, 1.82) is 0 Å². The fourth-order valence-electron chi connectivity index (χ4n) is 1.99. The number of ether oxygens (including phenoxy) is 2. The van der Waals surface area contributed by atoms with Gasteiger partial charge in [-0.25, -0.2) is 0 Å². The summed E-state index contributed by atoms with van der Waals surface area (Å²) in [6.45, 7) is 1.89. The van der Waals surface area contributed by atoms with Crippen LogP contribution < -0.4 is 14.8 Å². The summed E-state index contributed by atoms with van der Waals surface area (Å²) in [6, 6.07) is 10.5. The van der Waals surface area contributed by atoms with Gasteiger partial charge in [-0.2, -0.15) is 0 Å². The first-order valence-corrected chi connectivity index (χ1v) is 6.73. The molecule has 0 aromatic heterocycles. The van der Waals surface area contributed by atoms with Crippen LogP contribution in [0.2, 0.25) is 5.02 Å². The van der Waals surface area contributed by atoms with Crippen molar-refractivity contribution in [1.82, 2.24) is 0 Å². The van der Waals surface area contributed by atoms with Crippen molar-refractivity contribution in [3.63, 3.8) is 0 Å². The number of hydrogen-bond donors (Lipinski definition) is 1. The van der Waals surface area contributed by atoms with Crippen LogP contribution in [0.25, 0.3) is 0 Å². The molecule has 0 saturated heterocycles. The molecule has 21 heavy (non-hydrogen) atoms. The highest BCUT2D eigenvalue weighted by molar-refractivity contribution is 6.31. The monoisotopic (exact) mass is 305 g/mol. The molecule has 0 fully saturated rings. The number of anilines is 1. The van der Waals surface area contributed by atoms with E-state index in [0.717, 1.165) is 5.56 Å². The Kier molecular flexibility index (Phi) is 4.70. The highest BCUT2D eigenvalue weighted by Crippen LogP contribution is 2.30. The summed E-state index contributed by atoms with van der Waals surface area (Å²) in [5.74, 6) is 0.590. The topological polar surface area (TPSA) is 47.6 Å². The minimum Gasteiger partial charge on any atom is -0.496 e. The van der Waals surface area contributed by atoms with E-state index in [1.807, 2.05) is 13.0 Å². The molecule has 0 saturated carbocycles. The van der Waals surface area contributed by atoms with Gasteiger partial charge in [0.2, 0.25) is 0 Å². The van der Waals surface area contributed by atoms with Gasteiger partial charge in [-0.15, -0.1) is 0 Å².